The van der Waals surface area contributed by atoms with E-state index in [4.69, 9.17) is 13.9 Å². The fourth-order valence-corrected chi connectivity index (χ4v) is 2.57. The Labute approximate surface area is 168 Å². The van der Waals surface area contributed by atoms with Gasteiger partial charge in [0.25, 0.3) is 11.8 Å². The number of benzene rings is 2. The van der Waals surface area contributed by atoms with Crippen LogP contribution in [-0.2, 0) is 11.2 Å². The number of furan rings is 1. The minimum Gasteiger partial charge on any atom is -0.497 e. The highest BCUT2D eigenvalue weighted by atomic mass is 16.5. The van der Waals surface area contributed by atoms with E-state index < -0.39 is 0 Å². The average molecular weight is 394 g/mol. The molecule has 0 aliphatic heterocycles. The number of ether oxygens (including phenoxy) is 2. The zero-order valence-corrected chi connectivity index (χ0v) is 16.0. The fraction of sp³-hybridized carbons (Fsp3) is 0.182. The first kappa shape index (κ1) is 20.0. The van der Waals surface area contributed by atoms with Crippen molar-refractivity contribution < 1.29 is 23.5 Å². The number of hydrogen-bond acceptors (Lipinski definition) is 5. The number of carbonyl (C=O) groups is 2. The normalized spacial score (nSPS) is 10.2. The van der Waals surface area contributed by atoms with Crippen LogP contribution in [-0.4, -0.2) is 32.1 Å². The van der Waals surface area contributed by atoms with Gasteiger partial charge in [-0.15, -0.1) is 0 Å². The number of rotatable bonds is 9. The van der Waals surface area contributed by atoms with Crippen LogP contribution in [0.4, 0.5) is 5.69 Å². The van der Waals surface area contributed by atoms with Crippen LogP contribution in [0.3, 0.4) is 0 Å². The number of anilines is 1. The topological polar surface area (TPSA) is 89.8 Å². The number of amides is 2. The molecule has 7 nitrogen and oxygen atoms in total. The maximum atomic E-state index is 11.9. The zero-order valence-electron chi connectivity index (χ0n) is 16.0. The first-order valence-electron chi connectivity index (χ1n) is 9.11. The minimum absolute atomic E-state index is 0.0826. The van der Waals surface area contributed by atoms with E-state index in [-0.39, 0.29) is 24.2 Å². The summed E-state index contributed by atoms with van der Waals surface area (Å²) >= 11 is 0. The van der Waals surface area contributed by atoms with Gasteiger partial charge < -0.3 is 24.5 Å². The molecule has 0 bridgehead atoms. The second-order valence-corrected chi connectivity index (χ2v) is 6.19. The summed E-state index contributed by atoms with van der Waals surface area (Å²) in [5.41, 5.74) is 1.71. The molecule has 150 valence electrons. The Hall–Kier alpha value is -3.74. The van der Waals surface area contributed by atoms with E-state index in [1.54, 1.807) is 43.5 Å². The highest BCUT2D eigenvalue weighted by molar-refractivity contribution is 6.02. The maximum absolute atomic E-state index is 11.9. The molecule has 1 heterocycles. The molecule has 3 aromatic rings. The van der Waals surface area contributed by atoms with Crippen molar-refractivity contribution in [3.63, 3.8) is 0 Å². The molecule has 29 heavy (non-hydrogen) atoms. The van der Waals surface area contributed by atoms with E-state index in [0.717, 1.165) is 17.7 Å². The SMILES string of the molecule is COc1ccc(CCNC(=O)COc2ccc(NC(=O)c3ccco3)cc2)cc1. The van der Waals surface area contributed by atoms with Crippen LogP contribution in [0.15, 0.2) is 71.3 Å². The third kappa shape index (κ3) is 6.14. The second kappa shape index (κ2) is 9.98. The van der Waals surface area contributed by atoms with Crippen molar-refractivity contribution >= 4 is 17.5 Å². The number of nitrogens with one attached hydrogen (secondary N) is 2. The summed E-state index contributed by atoms with van der Waals surface area (Å²) < 4.78 is 15.6. The molecule has 3 rings (SSSR count). The number of hydrogen-bond donors (Lipinski definition) is 2. The van der Waals surface area contributed by atoms with Gasteiger partial charge in [-0.25, -0.2) is 0 Å². The Bertz CT molecular complexity index is 919. The molecule has 0 aliphatic rings. The van der Waals surface area contributed by atoms with Gasteiger partial charge in [-0.1, -0.05) is 12.1 Å². The Balaban J connectivity index is 1.37. The highest BCUT2D eigenvalue weighted by Crippen LogP contribution is 2.16. The van der Waals surface area contributed by atoms with Gasteiger partial charge >= 0.3 is 0 Å². The summed E-state index contributed by atoms with van der Waals surface area (Å²) in [7, 11) is 1.62. The molecular weight excluding hydrogens is 372 g/mol. The molecule has 2 N–H and O–H groups in total. The molecule has 2 aromatic carbocycles. The molecule has 2 amide bonds. The van der Waals surface area contributed by atoms with Crippen molar-refractivity contribution in [1.82, 2.24) is 5.32 Å². The average Bonchev–Trinajstić information content (AvgIpc) is 3.29. The van der Waals surface area contributed by atoms with Crippen LogP contribution in [0.25, 0.3) is 0 Å². The van der Waals surface area contributed by atoms with E-state index in [0.29, 0.717) is 18.0 Å². The highest BCUT2D eigenvalue weighted by Gasteiger charge is 2.09. The van der Waals surface area contributed by atoms with Gasteiger partial charge in [0.1, 0.15) is 11.5 Å². The predicted octanol–water partition coefficient (Wildman–Crippen LogP) is 3.28. The zero-order chi connectivity index (χ0) is 20.5. The molecular formula is C22H22N2O5. The standard InChI is InChI=1S/C22H22N2O5/c1-27-18-8-4-16(5-9-18)12-13-23-21(25)15-29-19-10-6-17(7-11-19)24-22(26)20-3-2-14-28-20/h2-11,14H,12-13,15H2,1H3,(H,23,25)(H,24,26). The molecule has 0 fully saturated rings. The molecule has 0 aliphatic carbocycles. The lowest BCUT2D eigenvalue weighted by atomic mass is 10.1. The Morgan fingerprint density at radius 2 is 1.69 bits per heavy atom. The first-order chi connectivity index (χ1) is 14.1. The number of carbonyl (C=O) groups excluding carboxylic acids is 2. The van der Waals surface area contributed by atoms with Gasteiger partial charge in [0.15, 0.2) is 12.4 Å². The van der Waals surface area contributed by atoms with Crippen molar-refractivity contribution in [2.24, 2.45) is 0 Å². The van der Waals surface area contributed by atoms with Crippen molar-refractivity contribution in [3.8, 4) is 11.5 Å². The molecule has 0 saturated heterocycles. The van der Waals surface area contributed by atoms with Gasteiger partial charge in [0.2, 0.25) is 0 Å². The lowest BCUT2D eigenvalue weighted by molar-refractivity contribution is -0.123. The van der Waals surface area contributed by atoms with E-state index in [1.807, 2.05) is 24.3 Å². The van der Waals surface area contributed by atoms with Crippen LogP contribution in [0, 0.1) is 0 Å². The second-order valence-electron chi connectivity index (χ2n) is 6.19. The molecule has 0 atom stereocenters. The Morgan fingerprint density at radius 1 is 0.966 bits per heavy atom. The summed E-state index contributed by atoms with van der Waals surface area (Å²) in [6.45, 7) is 0.437. The lowest BCUT2D eigenvalue weighted by Gasteiger charge is -2.09. The van der Waals surface area contributed by atoms with Gasteiger partial charge in [-0.05, 0) is 60.5 Å². The third-order valence-electron chi connectivity index (χ3n) is 4.12. The molecule has 7 heteroatoms. The van der Waals surface area contributed by atoms with Crippen molar-refractivity contribution in [2.75, 3.05) is 25.6 Å². The van der Waals surface area contributed by atoms with Gasteiger partial charge in [0.05, 0.1) is 13.4 Å². The molecule has 0 unspecified atom stereocenters. The van der Waals surface area contributed by atoms with Crippen LogP contribution in [0.2, 0.25) is 0 Å². The van der Waals surface area contributed by atoms with Crippen LogP contribution in [0.5, 0.6) is 11.5 Å². The Morgan fingerprint density at radius 3 is 2.34 bits per heavy atom. The smallest absolute Gasteiger partial charge is 0.291 e. The largest absolute Gasteiger partial charge is 0.497 e. The monoisotopic (exact) mass is 394 g/mol. The third-order valence-corrected chi connectivity index (χ3v) is 4.12. The molecule has 0 saturated carbocycles. The summed E-state index contributed by atoms with van der Waals surface area (Å²) in [6.07, 6.45) is 2.16. The molecule has 0 spiro atoms. The summed E-state index contributed by atoms with van der Waals surface area (Å²) in [4.78, 5) is 23.8. The Kier molecular flexibility index (Phi) is 6.89. The van der Waals surface area contributed by atoms with Crippen LogP contribution < -0.4 is 20.1 Å². The maximum Gasteiger partial charge on any atom is 0.291 e. The van der Waals surface area contributed by atoms with E-state index >= 15 is 0 Å². The van der Waals surface area contributed by atoms with Gasteiger partial charge in [-0.3, -0.25) is 9.59 Å². The van der Waals surface area contributed by atoms with Crippen LogP contribution >= 0.6 is 0 Å². The number of methoxy groups -OCH3 is 1. The van der Waals surface area contributed by atoms with Crippen molar-refractivity contribution in [3.05, 3.63) is 78.3 Å². The first-order valence-corrected chi connectivity index (χ1v) is 9.11. The summed E-state index contributed by atoms with van der Waals surface area (Å²) in [5, 5.41) is 5.53. The predicted molar refractivity (Wildman–Crippen MR) is 108 cm³/mol. The van der Waals surface area contributed by atoms with E-state index in [2.05, 4.69) is 10.6 Å². The lowest BCUT2D eigenvalue weighted by Crippen LogP contribution is -2.30. The van der Waals surface area contributed by atoms with Gasteiger partial charge in [-0.2, -0.15) is 0 Å². The summed E-state index contributed by atoms with van der Waals surface area (Å²) in [6, 6.07) is 17.7. The minimum atomic E-state index is -0.333. The molecule has 1 aromatic heterocycles. The quantitative estimate of drug-likeness (QED) is 0.581. The molecule has 0 radical (unpaired) electrons. The van der Waals surface area contributed by atoms with Gasteiger partial charge in [0, 0.05) is 12.2 Å². The van der Waals surface area contributed by atoms with E-state index in [1.165, 1.54) is 6.26 Å². The van der Waals surface area contributed by atoms with E-state index in [9.17, 15) is 9.59 Å². The van der Waals surface area contributed by atoms with Crippen molar-refractivity contribution in [1.29, 1.82) is 0 Å². The van der Waals surface area contributed by atoms with Crippen LogP contribution in [0.1, 0.15) is 16.1 Å². The fourth-order valence-electron chi connectivity index (χ4n) is 2.57. The van der Waals surface area contributed by atoms with Crippen molar-refractivity contribution in [2.45, 2.75) is 6.42 Å². The summed E-state index contributed by atoms with van der Waals surface area (Å²) in [5.74, 6) is 1.04.